The minimum absolute atomic E-state index is 0.101. The van der Waals surface area contributed by atoms with Gasteiger partial charge in [-0.1, -0.05) is 23.2 Å². The van der Waals surface area contributed by atoms with Crippen molar-refractivity contribution < 1.29 is 4.79 Å². The van der Waals surface area contributed by atoms with E-state index in [0.717, 1.165) is 42.1 Å². The van der Waals surface area contributed by atoms with Gasteiger partial charge in [0.15, 0.2) is 0 Å². The maximum atomic E-state index is 12.6. The van der Waals surface area contributed by atoms with Crippen molar-refractivity contribution in [2.75, 3.05) is 13.1 Å². The van der Waals surface area contributed by atoms with Gasteiger partial charge in [-0.2, -0.15) is 0 Å². The standard InChI is InChI=1S/C17H19Cl2N3OS/c18-11-4-5-14(15(19)7-11)17-21-12(10-24-17)8-16(23)22-6-2-1-3-13(22)9-20/h4-5,7,10,13H,1-3,6,8-9,20H2. The maximum Gasteiger partial charge on any atom is 0.228 e. The first kappa shape index (κ1) is 17.7. The monoisotopic (exact) mass is 383 g/mol. The number of aromatic nitrogens is 1. The summed E-state index contributed by atoms with van der Waals surface area (Å²) in [6.45, 7) is 1.31. The molecule has 2 N–H and O–H groups in total. The maximum absolute atomic E-state index is 12.6. The quantitative estimate of drug-likeness (QED) is 0.867. The Morgan fingerprint density at radius 2 is 2.21 bits per heavy atom. The van der Waals surface area contributed by atoms with Gasteiger partial charge >= 0.3 is 0 Å². The first-order valence-corrected chi connectivity index (χ1v) is 9.61. The molecule has 4 nitrogen and oxygen atoms in total. The third-order valence-corrected chi connectivity index (χ3v) is 5.74. The lowest BCUT2D eigenvalue weighted by Crippen LogP contribution is -2.48. The predicted molar refractivity (Wildman–Crippen MR) is 99.7 cm³/mol. The summed E-state index contributed by atoms with van der Waals surface area (Å²) in [4.78, 5) is 19.1. The second kappa shape index (κ2) is 7.83. The summed E-state index contributed by atoms with van der Waals surface area (Å²) in [5.74, 6) is 0.101. The van der Waals surface area contributed by atoms with E-state index in [1.54, 1.807) is 12.1 Å². The van der Waals surface area contributed by atoms with Gasteiger partial charge in [0, 0.05) is 35.1 Å². The second-order valence-corrected chi connectivity index (χ2v) is 7.62. The van der Waals surface area contributed by atoms with E-state index in [9.17, 15) is 4.79 Å². The topological polar surface area (TPSA) is 59.2 Å². The highest BCUT2D eigenvalue weighted by Gasteiger charge is 2.26. The van der Waals surface area contributed by atoms with Crippen molar-refractivity contribution in [2.24, 2.45) is 5.73 Å². The fourth-order valence-corrected chi connectivity index (χ4v) is 4.42. The molecule has 2 aromatic rings. The second-order valence-electron chi connectivity index (χ2n) is 5.92. The fraction of sp³-hybridized carbons (Fsp3) is 0.412. The van der Waals surface area contributed by atoms with Crippen molar-refractivity contribution >= 4 is 40.4 Å². The van der Waals surface area contributed by atoms with E-state index in [1.165, 1.54) is 11.3 Å². The van der Waals surface area contributed by atoms with E-state index in [-0.39, 0.29) is 11.9 Å². The van der Waals surface area contributed by atoms with Crippen LogP contribution in [0.5, 0.6) is 0 Å². The zero-order valence-corrected chi connectivity index (χ0v) is 15.5. The molecule has 1 unspecified atom stereocenters. The Balaban J connectivity index is 1.72. The number of likely N-dealkylation sites (tertiary alicyclic amines) is 1. The van der Waals surface area contributed by atoms with Gasteiger partial charge in [0.2, 0.25) is 5.91 Å². The molecule has 1 aliphatic heterocycles. The molecule has 0 aliphatic carbocycles. The molecule has 1 saturated heterocycles. The van der Waals surface area contributed by atoms with Crippen molar-refractivity contribution in [3.8, 4) is 10.6 Å². The van der Waals surface area contributed by atoms with Crippen LogP contribution in [0.4, 0.5) is 0 Å². The van der Waals surface area contributed by atoms with Gasteiger partial charge in [0.05, 0.1) is 17.1 Å². The number of amides is 1. The molecule has 0 radical (unpaired) electrons. The molecule has 1 aliphatic rings. The molecule has 7 heteroatoms. The molecule has 1 fully saturated rings. The van der Waals surface area contributed by atoms with Crippen LogP contribution in [0.15, 0.2) is 23.6 Å². The highest BCUT2D eigenvalue weighted by Crippen LogP contribution is 2.32. The lowest BCUT2D eigenvalue weighted by atomic mass is 10.0. The average molecular weight is 384 g/mol. The largest absolute Gasteiger partial charge is 0.338 e. The highest BCUT2D eigenvalue weighted by molar-refractivity contribution is 7.13. The summed E-state index contributed by atoms with van der Waals surface area (Å²) in [7, 11) is 0. The number of carbonyl (C=O) groups is 1. The van der Waals surface area contributed by atoms with Gasteiger partial charge in [-0.05, 0) is 37.5 Å². The smallest absolute Gasteiger partial charge is 0.228 e. The lowest BCUT2D eigenvalue weighted by molar-refractivity contribution is -0.133. The molecule has 1 aromatic carbocycles. The van der Waals surface area contributed by atoms with Crippen LogP contribution >= 0.6 is 34.5 Å². The van der Waals surface area contributed by atoms with E-state index < -0.39 is 0 Å². The van der Waals surface area contributed by atoms with Crippen molar-refractivity contribution in [1.82, 2.24) is 9.88 Å². The number of hydrogen-bond donors (Lipinski definition) is 1. The number of benzene rings is 1. The van der Waals surface area contributed by atoms with Crippen LogP contribution < -0.4 is 5.73 Å². The normalized spacial score (nSPS) is 18.0. The summed E-state index contributed by atoms with van der Waals surface area (Å²) >= 11 is 13.6. The van der Waals surface area contributed by atoms with Gasteiger partial charge in [-0.3, -0.25) is 4.79 Å². The number of nitrogens with two attached hydrogens (primary N) is 1. The molecule has 0 spiro atoms. The van der Waals surface area contributed by atoms with Crippen LogP contribution in [0.2, 0.25) is 10.0 Å². The minimum atomic E-state index is 0.101. The van der Waals surface area contributed by atoms with Crippen LogP contribution in [-0.4, -0.2) is 34.9 Å². The van der Waals surface area contributed by atoms with Crippen LogP contribution in [0, 0.1) is 0 Å². The van der Waals surface area contributed by atoms with Crippen LogP contribution in [-0.2, 0) is 11.2 Å². The Hall–Kier alpha value is -1.14. The number of carbonyl (C=O) groups excluding carboxylic acids is 1. The Morgan fingerprint density at radius 3 is 2.96 bits per heavy atom. The molecule has 128 valence electrons. The number of rotatable bonds is 4. The van der Waals surface area contributed by atoms with Crippen LogP contribution in [0.25, 0.3) is 10.6 Å². The molecular weight excluding hydrogens is 365 g/mol. The highest BCUT2D eigenvalue weighted by atomic mass is 35.5. The molecule has 3 rings (SSSR count). The van der Waals surface area contributed by atoms with E-state index in [2.05, 4.69) is 4.98 Å². The van der Waals surface area contributed by atoms with Crippen molar-refractivity contribution in [3.05, 3.63) is 39.3 Å². The van der Waals surface area contributed by atoms with E-state index in [1.807, 2.05) is 16.3 Å². The zero-order valence-electron chi connectivity index (χ0n) is 13.2. The number of piperidine rings is 1. The number of halogens is 2. The molecule has 2 heterocycles. The van der Waals surface area contributed by atoms with E-state index in [4.69, 9.17) is 28.9 Å². The molecule has 0 bridgehead atoms. The summed E-state index contributed by atoms with van der Waals surface area (Å²) in [6, 6.07) is 5.50. The van der Waals surface area contributed by atoms with Crippen LogP contribution in [0.1, 0.15) is 25.0 Å². The van der Waals surface area contributed by atoms with Gasteiger partial charge in [-0.25, -0.2) is 4.98 Å². The van der Waals surface area contributed by atoms with Gasteiger partial charge < -0.3 is 10.6 Å². The van der Waals surface area contributed by atoms with Gasteiger partial charge in [0.1, 0.15) is 5.01 Å². The molecule has 24 heavy (non-hydrogen) atoms. The Kier molecular flexibility index (Phi) is 5.76. The lowest BCUT2D eigenvalue weighted by Gasteiger charge is -2.35. The molecule has 1 amide bonds. The van der Waals surface area contributed by atoms with Gasteiger partial charge in [-0.15, -0.1) is 11.3 Å². The van der Waals surface area contributed by atoms with Crippen molar-refractivity contribution in [3.63, 3.8) is 0 Å². The average Bonchev–Trinajstić information content (AvgIpc) is 3.02. The number of nitrogens with zero attached hydrogens (tertiary/aromatic N) is 2. The molecule has 1 aromatic heterocycles. The summed E-state index contributed by atoms with van der Waals surface area (Å²) < 4.78 is 0. The van der Waals surface area contributed by atoms with Gasteiger partial charge in [0.25, 0.3) is 0 Å². The third kappa shape index (κ3) is 3.91. The van der Waals surface area contributed by atoms with Crippen molar-refractivity contribution in [2.45, 2.75) is 31.7 Å². The van der Waals surface area contributed by atoms with Crippen molar-refractivity contribution in [1.29, 1.82) is 0 Å². The SMILES string of the molecule is NCC1CCCCN1C(=O)Cc1csc(-c2ccc(Cl)cc2Cl)n1. The third-order valence-electron chi connectivity index (χ3n) is 4.27. The predicted octanol–water partition coefficient (Wildman–Crippen LogP) is 4.00. The first-order chi connectivity index (χ1) is 11.6. The van der Waals surface area contributed by atoms with E-state index in [0.29, 0.717) is 23.0 Å². The number of hydrogen-bond acceptors (Lipinski definition) is 4. The minimum Gasteiger partial charge on any atom is -0.338 e. The first-order valence-electron chi connectivity index (χ1n) is 7.98. The Labute approximate surface area is 155 Å². The zero-order chi connectivity index (χ0) is 17.1. The fourth-order valence-electron chi connectivity index (χ4n) is 3.01. The number of thiazole rings is 1. The molecule has 1 atom stereocenters. The Morgan fingerprint density at radius 1 is 1.38 bits per heavy atom. The van der Waals surface area contributed by atoms with Crippen LogP contribution in [0.3, 0.4) is 0 Å². The summed E-state index contributed by atoms with van der Waals surface area (Å²) in [5, 5.41) is 3.87. The summed E-state index contributed by atoms with van der Waals surface area (Å²) in [6.07, 6.45) is 3.48. The molecular formula is C17H19Cl2N3OS. The Bertz CT molecular complexity index is 734. The summed E-state index contributed by atoms with van der Waals surface area (Å²) in [5.41, 5.74) is 7.41. The van der Waals surface area contributed by atoms with E-state index >= 15 is 0 Å². The molecule has 0 saturated carbocycles.